The van der Waals surface area contributed by atoms with Crippen molar-refractivity contribution >= 4 is 0 Å². The van der Waals surface area contributed by atoms with Gasteiger partial charge in [-0.15, -0.1) is 0 Å². The van der Waals surface area contributed by atoms with Gasteiger partial charge in [0.1, 0.15) is 0 Å². The number of hydrogen-bond donors (Lipinski definition) is 0. The molecule has 0 aromatic heterocycles. The SMILES string of the molecule is CCCCC=C(CC)C(CC)CCC. The molecule has 0 nitrogen and oxygen atoms in total. The Bertz CT molecular complexity index is 144. The number of rotatable bonds is 8. The molecule has 14 heavy (non-hydrogen) atoms. The van der Waals surface area contributed by atoms with Crippen molar-refractivity contribution in [3.63, 3.8) is 0 Å². The standard InChI is InChI=1S/C14H28/c1-5-9-10-12-14(8-4)13(7-3)11-6-2/h12-13H,5-11H2,1-4H3. The summed E-state index contributed by atoms with van der Waals surface area (Å²) in [5, 5.41) is 0. The normalized spacial score (nSPS) is 14.4. The highest BCUT2D eigenvalue weighted by Gasteiger charge is 2.08. The molecule has 0 heterocycles. The van der Waals surface area contributed by atoms with Gasteiger partial charge in [-0.1, -0.05) is 58.6 Å². The maximum Gasteiger partial charge on any atom is -0.0206 e. The molecule has 0 saturated heterocycles. The van der Waals surface area contributed by atoms with E-state index in [1.807, 2.05) is 0 Å². The first-order valence-corrected chi connectivity index (χ1v) is 6.48. The Morgan fingerprint density at radius 3 is 2.21 bits per heavy atom. The van der Waals surface area contributed by atoms with Crippen LogP contribution >= 0.6 is 0 Å². The molecular formula is C14H28. The minimum atomic E-state index is 0.863. The molecule has 1 unspecified atom stereocenters. The van der Waals surface area contributed by atoms with Gasteiger partial charge in [-0.3, -0.25) is 0 Å². The monoisotopic (exact) mass is 196 g/mol. The summed E-state index contributed by atoms with van der Waals surface area (Å²) in [7, 11) is 0. The maximum absolute atomic E-state index is 2.51. The fourth-order valence-electron chi connectivity index (χ4n) is 2.09. The molecule has 84 valence electrons. The summed E-state index contributed by atoms with van der Waals surface area (Å²) in [6.45, 7) is 9.19. The van der Waals surface area contributed by atoms with Crippen LogP contribution in [0.5, 0.6) is 0 Å². The molecule has 0 bridgehead atoms. The summed E-state index contributed by atoms with van der Waals surface area (Å²) in [4.78, 5) is 0. The van der Waals surface area contributed by atoms with Crippen LogP contribution in [0, 0.1) is 5.92 Å². The van der Waals surface area contributed by atoms with Crippen molar-refractivity contribution in [3.05, 3.63) is 11.6 Å². The molecule has 0 aliphatic rings. The largest absolute Gasteiger partial charge is 0.0851 e. The van der Waals surface area contributed by atoms with Crippen molar-refractivity contribution in [2.75, 3.05) is 0 Å². The highest BCUT2D eigenvalue weighted by atomic mass is 14.1. The number of allylic oxidation sites excluding steroid dienone is 2. The molecule has 0 aliphatic carbocycles. The first kappa shape index (κ1) is 13.7. The van der Waals surface area contributed by atoms with Gasteiger partial charge in [0.05, 0.1) is 0 Å². The van der Waals surface area contributed by atoms with Crippen molar-refractivity contribution in [2.24, 2.45) is 5.92 Å². The first-order chi connectivity index (χ1) is 6.79. The molecule has 0 N–H and O–H groups in total. The predicted molar refractivity (Wildman–Crippen MR) is 66.6 cm³/mol. The van der Waals surface area contributed by atoms with Gasteiger partial charge in [0.2, 0.25) is 0 Å². The molecule has 0 fully saturated rings. The average molecular weight is 196 g/mol. The maximum atomic E-state index is 2.51. The molecule has 0 heteroatoms. The van der Waals surface area contributed by atoms with E-state index in [0.29, 0.717) is 0 Å². The predicted octanol–water partition coefficient (Wildman–Crippen LogP) is 5.34. The Kier molecular flexibility index (Phi) is 9.13. The summed E-state index contributed by atoms with van der Waals surface area (Å²) in [6.07, 6.45) is 11.7. The molecule has 0 aliphatic heterocycles. The Morgan fingerprint density at radius 2 is 1.79 bits per heavy atom. The van der Waals surface area contributed by atoms with Crippen molar-refractivity contribution in [1.29, 1.82) is 0 Å². The molecular weight excluding hydrogens is 168 g/mol. The average Bonchev–Trinajstić information content (AvgIpc) is 2.22. The van der Waals surface area contributed by atoms with Crippen LogP contribution in [0.3, 0.4) is 0 Å². The fourth-order valence-corrected chi connectivity index (χ4v) is 2.09. The highest BCUT2D eigenvalue weighted by Crippen LogP contribution is 2.24. The summed E-state index contributed by atoms with van der Waals surface area (Å²) in [5.74, 6) is 0.863. The Balaban J connectivity index is 4.11. The lowest BCUT2D eigenvalue weighted by Gasteiger charge is -2.17. The minimum absolute atomic E-state index is 0.863. The van der Waals surface area contributed by atoms with E-state index in [0.717, 1.165) is 5.92 Å². The Labute approximate surface area is 90.8 Å². The van der Waals surface area contributed by atoms with Crippen LogP contribution in [-0.4, -0.2) is 0 Å². The van der Waals surface area contributed by atoms with Gasteiger partial charge in [0.25, 0.3) is 0 Å². The summed E-state index contributed by atoms with van der Waals surface area (Å²) >= 11 is 0. The zero-order valence-corrected chi connectivity index (χ0v) is 10.6. The van der Waals surface area contributed by atoms with E-state index in [4.69, 9.17) is 0 Å². The van der Waals surface area contributed by atoms with Crippen LogP contribution in [0.25, 0.3) is 0 Å². The first-order valence-electron chi connectivity index (χ1n) is 6.48. The third-order valence-corrected chi connectivity index (χ3v) is 3.03. The Hall–Kier alpha value is -0.260. The molecule has 0 amide bonds. The van der Waals surface area contributed by atoms with Gasteiger partial charge < -0.3 is 0 Å². The van der Waals surface area contributed by atoms with E-state index in [1.165, 1.54) is 44.9 Å². The van der Waals surface area contributed by atoms with Crippen LogP contribution < -0.4 is 0 Å². The van der Waals surface area contributed by atoms with E-state index in [-0.39, 0.29) is 0 Å². The quantitative estimate of drug-likeness (QED) is 0.363. The Morgan fingerprint density at radius 1 is 1.07 bits per heavy atom. The van der Waals surface area contributed by atoms with Crippen molar-refractivity contribution in [2.45, 2.75) is 72.6 Å². The van der Waals surface area contributed by atoms with Gasteiger partial charge >= 0.3 is 0 Å². The van der Waals surface area contributed by atoms with E-state index < -0.39 is 0 Å². The van der Waals surface area contributed by atoms with E-state index in [2.05, 4.69) is 33.8 Å². The second-order valence-electron chi connectivity index (χ2n) is 4.17. The van der Waals surface area contributed by atoms with Crippen LogP contribution in [0.2, 0.25) is 0 Å². The van der Waals surface area contributed by atoms with E-state index in [9.17, 15) is 0 Å². The van der Waals surface area contributed by atoms with Crippen molar-refractivity contribution in [3.8, 4) is 0 Å². The van der Waals surface area contributed by atoms with Crippen molar-refractivity contribution in [1.82, 2.24) is 0 Å². The minimum Gasteiger partial charge on any atom is -0.0851 e. The molecule has 0 rings (SSSR count). The third-order valence-electron chi connectivity index (χ3n) is 3.03. The zero-order chi connectivity index (χ0) is 10.8. The summed E-state index contributed by atoms with van der Waals surface area (Å²) < 4.78 is 0. The lowest BCUT2D eigenvalue weighted by atomic mass is 9.89. The molecule has 0 aromatic carbocycles. The summed E-state index contributed by atoms with van der Waals surface area (Å²) in [5.41, 5.74) is 1.71. The summed E-state index contributed by atoms with van der Waals surface area (Å²) in [6, 6.07) is 0. The molecule has 0 spiro atoms. The number of unbranched alkanes of at least 4 members (excludes halogenated alkanes) is 2. The molecule has 0 saturated carbocycles. The second kappa shape index (κ2) is 9.30. The third kappa shape index (κ3) is 5.47. The lowest BCUT2D eigenvalue weighted by molar-refractivity contribution is 0.518. The van der Waals surface area contributed by atoms with Crippen LogP contribution in [0.15, 0.2) is 11.6 Å². The smallest absolute Gasteiger partial charge is 0.0206 e. The van der Waals surface area contributed by atoms with E-state index >= 15 is 0 Å². The topological polar surface area (TPSA) is 0 Å². The zero-order valence-electron chi connectivity index (χ0n) is 10.6. The lowest BCUT2D eigenvalue weighted by Crippen LogP contribution is -2.02. The van der Waals surface area contributed by atoms with Gasteiger partial charge in [-0.05, 0) is 31.6 Å². The van der Waals surface area contributed by atoms with Gasteiger partial charge in [-0.2, -0.15) is 0 Å². The fraction of sp³-hybridized carbons (Fsp3) is 0.857. The van der Waals surface area contributed by atoms with Gasteiger partial charge in [0, 0.05) is 0 Å². The van der Waals surface area contributed by atoms with Crippen LogP contribution in [-0.2, 0) is 0 Å². The van der Waals surface area contributed by atoms with Gasteiger partial charge in [0.15, 0.2) is 0 Å². The molecule has 1 atom stereocenters. The molecule has 0 aromatic rings. The molecule has 0 radical (unpaired) electrons. The highest BCUT2D eigenvalue weighted by molar-refractivity contribution is 5.05. The van der Waals surface area contributed by atoms with Crippen LogP contribution in [0.1, 0.15) is 72.6 Å². The second-order valence-corrected chi connectivity index (χ2v) is 4.17. The van der Waals surface area contributed by atoms with Gasteiger partial charge in [-0.25, -0.2) is 0 Å². The van der Waals surface area contributed by atoms with E-state index in [1.54, 1.807) is 5.57 Å². The number of hydrogen-bond acceptors (Lipinski definition) is 0. The van der Waals surface area contributed by atoms with Crippen molar-refractivity contribution < 1.29 is 0 Å². The van der Waals surface area contributed by atoms with Crippen LogP contribution in [0.4, 0.5) is 0 Å².